The summed E-state index contributed by atoms with van der Waals surface area (Å²) >= 11 is 0. The number of nitrogens with zero attached hydrogens (tertiary/aromatic N) is 1. The number of aryl methyl sites for hydroxylation is 3. The van der Waals surface area contributed by atoms with Crippen LogP contribution >= 0.6 is 0 Å². The summed E-state index contributed by atoms with van der Waals surface area (Å²) in [6, 6.07) is 10.6. The average molecular weight is 435 g/mol. The van der Waals surface area contributed by atoms with E-state index in [0.717, 1.165) is 15.6 Å². The van der Waals surface area contributed by atoms with Crippen LogP contribution in [0.3, 0.4) is 0 Å². The molecule has 0 aliphatic heterocycles. The molecule has 1 amide bonds. The van der Waals surface area contributed by atoms with Crippen molar-refractivity contribution in [3.8, 4) is 11.5 Å². The molecule has 7 nitrogen and oxygen atoms in total. The summed E-state index contributed by atoms with van der Waals surface area (Å²) in [5, 5.41) is 2.82. The van der Waals surface area contributed by atoms with Crippen LogP contribution in [-0.2, 0) is 21.2 Å². The lowest BCUT2D eigenvalue weighted by molar-refractivity contribution is -0.121. The highest BCUT2D eigenvalue weighted by Crippen LogP contribution is 2.25. The van der Waals surface area contributed by atoms with E-state index in [4.69, 9.17) is 9.47 Å². The van der Waals surface area contributed by atoms with Crippen molar-refractivity contribution in [1.29, 1.82) is 0 Å². The molecule has 0 bridgehead atoms. The lowest BCUT2D eigenvalue weighted by Gasteiger charge is -2.14. The highest BCUT2D eigenvalue weighted by molar-refractivity contribution is 7.89. The number of sulfonamides is 1. The first-order chi connectivity index (χ1) is 14.1. The number of ether oxygens (including phenoxy) is 2. The minimum Gasteiger partial charge on any atom is -0.496 e. The average Bonchev–Trinajstić information content (AvgIpc) is 2.70. The highest BCUT2D eigenvalue weighted by atomic mass is 32.2. The summed E-state index contributed by atoms with van der Waals surface area (Å²) in [5.74, 6) is 1.22. The summed E-state index contributed by atoms with van der Waals surface area (Å²) in [6.07, 6.45) is 0.578. The Morgan fingerprint density at radius 3 is 2.40 bits per heavy atom. The summed E-state index contributed by atoms with van der Waals surface area (Å²) in [4.78, 5) is 12.4. The Morgan fingerprint density at radius 1 is 1.07 bits per heavy atom. The van der Waals surface area contributed by atoms with Crippen molar-refractivity contribution in [2.75, 3.05) is 34.4 Å². The molecule has 0 atom stereocenters. The standard InChI is InChI=1S/C22H30N2O5S/c1-16-6-9-20(17(2)14-16)29-13-12-23-22(25)11-7-18-15-19(8-10-21(18)28-5)30(26,27)24(3)4/h6,8-10,14-15H,7,11-13H2,1-5H3,(H,23,25). The molecule has 0 saturated heterocycles. The lowest BCUT2D eigenvalue weighted by Crippen LogP contribution is -2.28. The third kappa shape index (κ3) is 6.21. The van der Waals surface area contributed by atoms with Crippen LogP contribution in [0.2, 0.25) is 0 Å². The van der Waals surface area contributed by atoms with E-state index < -0.39 is 10.0 Å². The number of nitrogens with one attached hydrogen (secondary N) is 1. The third-order valence-electron chi connectivity index (χ3n) is 4.66. The highest BCUT2D eigenvalue weighted by Gasteiger charge is 2.19. The first-order valence-corrected chi connectivity index (χ1v) is 11.2. The number of carbonyl (C=O) groups excluding carboxylic acids is 1. The molecule has 0 spiro atoms. The van der Waals surface area contributed by atoms with Crippen LogP contribution in [0, 0.1) is 13.8 Å². The fourth-order valence-electron chi connectivity index (χ4n) is 2.97. The van der Waals surface area contributed by atoms with Crippen LogP contribution < -0.4 is 14.8 Å². The molecule has 1 N–H and O–H groups in total. The third-order valence-corrected chi connectivity index (χ3v) is 6.48. The van der Waals surface area contributed by atoms with Crippen molar-refractivity contribution in [2.45, 2.75) is 31.6 Å². The Morgan fingerprint density at radius 2 is 1.77 bits per heavy atom. The van der Waals surface area contributed by atoms with E-state index in [1.807, 2.05) is 32.0 Å². The van der Waals surface area contributed by atoms with Gasteiger partial charge < -0.3 is 14.8 Å². The molecule has 0 radical (unpaired) electrons. The van der Waals surface area contributed by atoms with Crippen molar-refractivity contribution < 1.29 is 22.7 Å². The molecule has 2 aromatic carbocycles. The van der Waals surface area contributed by atoms with E-state index in [0.29, 0.717) is 30.9 Å². The van der Waals surface area contributed by atoms with E-state index in [1.165, 1.54) is 32.8 Å². The van der Waals surface area contributed by atoms with Crippen molar-refractivity contribution in [2.24, 2.45) is 0 Å². The number of methoxy groups -OCH3 is 1. The molecule has 2 aromatic rings. The smallest absolute Gasteiger partial charge is 0.242 e. The zero-order valence-corrected chi connectivity index (χ0v) is 19.0. The lowest BCUT2D eigenvalue weighted by atomic mass is 10.1. The second kappa shape index (κ2) is 10.4. The fraction of sp³-hybridized carbons (Fsp3) is 0.409. The van der Waals surface area contributed by atoms with Gasteiger partial charge in [-0.25, -0.2) is 12.7 Å². The second-order valence-corrected chi connectivity index (χ2v) is 9.38. The van der Waals surface area contributed by atoms with Crippen LogP contribution in [-0.4, -0.2) is 53.0 Å². The molecular formula is C22H30N2O5S. The van der Waals surface area contributed by atoms with Crippen LogP contribution in [0.15, 0.2) is 41.3 Å². The number of carbonyl (C=O) groups is 1. The number of rotatable bonds is 10. The van der Waals surface area contributed by atoms with Crippen LogP contribution in [0.1, 0.15) is 23.1 Å². The van der Waals surface area contributed by atoms with Crippen molar-refractivity contribution >= 4 is 15.9 Å². The zero-order chi connectivity index (χ0) is 22.3. The van der Waals surface area contributed by atoms with Crippen LogP contribution in [0.4, 0.5) is 0 Å². The van der Waals surface area contributed by atoms with Gasteiger partial charge in [-0.2, -0.15) is 0 Å². The predicted molar refractivity (Wildman–Crippen MR) is 117 cm³/mol. The van der Waals surface area contributed by atoms with Gasteiger partial charge in [-0.1, -0.05) is 17.7 Å². The van der Waals surface area contributed by atoms with Gasteiger partial charge in [-0.3, -0.25) is 4.79 Å². The zero-order valence-electron chi connectivity index (χ0n) is 18.2. The quantitative estimate of drug-likeness (QED) is 0.581. The summed E-state index contributed by atoms with van der Waals surface area (Å²) < 4.78 is 36.9. The van der Waals surface area contributed by atoms with Gasteiger partial charge in [0.25, 0.3) is 0 Å². The summed E-state index contributed by atoms with van der Waals surface area (Å²) in [6.45, 7) is 4.77. The molecule has 0 heterocycles. The van der Waals surface area contributed by atoms with Gasteiger partial charge in [0.15, 0.2) is 0 Å². The molecule has 30 heavy (non-hydrogen) atoms. The molecule has 2 rings (SSSR count). The minimum absolute atomic E-state index is 0.137. The molecule has 0 fully saturated rings. The van der Waals surface area contributed by atoms with E-state index >= 15 is 0 Å². The minimum atomic E-state index is -3.55. The normalized spacial score (nSPS) is 11.4. The summed E-state index contributed by atoms with van der Waals surface area (Å²) in [7, 11) is 0.923. The molecule has 0 unspecified atom stereocenters. The first-order valence-electron chi connectivity index (χ1n) is 9.71. The fourth-order valence-corrected chi connectivity index (χ4v) is 3.92. The van der Waals surface area contributed by atoms with Gasteiger partial charge in [0, 0.05) is 20.5 Å². The number of amides is 1. The van der Waals surface area contributed by atoms with Gasteiger partial charge in [-0.05, 0) is 55.7 Å². The molecule has 0 saturated carbocycles. The Kier molecular flexibility index (Phi) is 8.25. The van der Waals surface area contributed by atoms with Gasteiger partial charge in [-0.15, -0.1) is 0 Å². The van der Waals surface area contributed by atoms with Gasteiger partial charge >= 0.3 is 0 Å². The van der Waals surface area contributed by atoms with Crippen molar-refractivity contribution in [3.63, 3.8) is 0 Å². The van der Waals surface area contributed by atoms with Crippen molar-refractivity contribution in [3.05, 3.63) is 53.1 Å². The largest absolute Gasteiger partial charge is 0.496 e. The maximum atomic E-state index is 12.3. The number of hydrogen-bond donors (Lipinski definition) is 1. The first kappa shape index (κ1) is 23.7. The predicted octanol–water partition coefficient (Wildman–Crippen LogP) is 2.69. The van der Waals surface area contributed by atoms with E-state index in [9.17, 15) is 13.2 Å². The Hall–Kier alpha value is -2.58. The van der Waals surface area contributed by atoms with E-state index in [2.05, 4.69) is 5.32 Å². The van der Waals surface area contributed by atoms with Crippen LogP contribution in [0.25, 0.3) is 0 Å². The van der Waals surface area contributed by atoms with E-state index in [1.54, 1.807) is 12.1 Å². The SMILES string of the molecule is COc1ccc(S(=O)(=O)N(C)C)cc1CCC(=O)NCCOc1ccc(C)cc1C. The van der Waals surface area contributed by atoms with E-state index in [-0.39, 0.29) is 17.2 Å². The molecule has 0 aliphatic rings. The molecule has 8 heteroatoms. The topological polar surface area (TPSA) is 84.9 Å². The maximum Gasteiger partial charge on any atom is 0.242 e. The Balaban J connectivity index is 1.89. The maximum absolute atomic E-state index is 12.3. The second-order valence-electron chi connectivity index (χ2n) is 7.23. The number of hydrogen-bond acceptors (Lipinski definition) is 5. The summed E-state index contributed by atoms with van der Waals surface area (Å²) in [5.41, 5.74) is 2.90. The van der Waals surface area contributed by atoms with Crippen LogP contribution in [0.5, 0.6) is 11.5 Å². The Labute approximate surface area is 179 Å². The molecule has 0 aromatic heterocycles. The molecule has 164 valence electrons. The molecule has 0 aliphatic carbocycles. The molecular weight excluding hydrogens is 404 g/mol. The Bertz CT molecular complexity index is 987. The van der Waals surface area contributed by atoms with Gasteiger partial charge in [0.2, 0.25) is 15.9 Å². The number of benzene rings is 2. The monoisotopic (exact) mass is 434 g/mol. The van der Waals surface area contributed by atoms with Gasteiger partial charge in [0.1, 0.15) is 18.1 Å². The van der Waals surface area contributed by atoms with Gasteiger partial charge in [0.05, 0.1) is 18.6 Å². The van der Waals surface area contributed by atoms with Crippen molar-refractivity contribution in [1.82, 2.24) is 9.62 Å².